The van der Waals surface area contributed by atoms with E-state index in [9.17, 15) is 18.6 Å². The first-order valence-corrected chi connectivity index (χ1v) is 12.2. The van der Waals surface area contributed by atoms with Gasteiger partial charge in [0.2, 0.25) is 5.95 Å². The zero-order chi connectivity index (χ0) is 22.3. The van der Waals surface area contributed by atoms with Gasteiger partial charge in [-0.25, -0.2) is 9.97 Å². The van der Waals surface area contributed by atoms with E-state index in [1.54, 1.807) is 6.92 Å². The fraction of sp³-hybridized carbons (Fsp3) is 0.421. The maximum absolute atomic E-state index is 11.3. The maximum Gasteiger partial charge on any atom is 0.264 e. The van der Waals surface area contributed by atoms with Crippen LogP contribution in [0.3, 0.4) is 0 Å². The van der Waals surface area contributed by atoms with Gasteiger partial charge >= 0.3 is 0 Å². The second-order valence-electron chi connectivity index (χ2n) is 7.59. The Hall–Kier alpha value is -2.38. The van der Waals surface area contributed by atoms with Crippen LogP contribution in [0.2, 0.25) is 0 Å². The summed E-state index contributed by atoms with van der Waals surface area (Å²) in [6.45, 7) is 1.58. The number of thiazole rings is 1. The number of aliphatic hydroxyl groups is 2. The molecule has 0 radical (unpaired) electrons. The van der Waals surface area contributed by atoms with Crippen molar-refractivity contribution in [3.05, 3.63) is 30.0 Å². The van der Waals surface area contributed by atoms with E-state index in [0.29, 0.717) is 22.1 Å². The Bertz CT molecular complexity index is 1180. The predicted molar refractivity (Wildman–Crippen MR) is 118 cm³/mol. The molecule has 12 heteroatoms. The molecule has 2 heterocycles. The van der Waals surface area contributed by atoms with Crippen molar-refractivity contribution in [2.75, 3.05) is 23.9 Å². The smallest absolute Gasteiger partial charge is 0.264 e. The van der Waals surface area contributed by atoms with Crippen LogP contribution >= 0.6 is 11.3 Å². The van der Waals surface area contributed by atoms with Gasteiger partial charge < -0.3 is 21.3 Å². The highest BCUT2D eigenvalue weighted by molar-refractivity contribution is 7.85. The van der Waals surface area contributed by atoms with E-state index in [2.05, 4.69) is 20.3 Å². The summed E-state index contributed by atoms with van der Waals surface area (Å²) < 4.78 is 28.4. The number of nitrogens with two attached hydrogens (primary N) is 1. The standard InChI is InChI=1S/C19H23N5O5S2/c1-9-14(18-23-11-5-3-4-6-13(11)30-18)17(24-19(20)21-9)22-12-7-10(15(25)16(12)26)8-29-31(2,27)28/h3-6,10,12,15-16,25-26H,7-8H2,1-2H3,(H3,20,21,22,24). The average molecular weight is 466 g/mol. The minimum atomic E-state index is -3.65. The van der Waals surface area contributed by atoms with E-state index in [0.717, 1.165) is 16.5 Å². The van der Waals surface area contributed by atoms with Crippen molar-refractivity contribution in [3.63, 3.8) is 0 Å². The number of para-hydroxylation sites is 1. The summed E-state index contributed by atoms with van der Waals surface area (Å²) in [6.07, 6.45) is -1.07. The van der Waals surface area contributed by atoms with Crippen LogP contribution in [0.15, 0.2) is 24.3 Å². The molecule has 4 unspecified atom stereocenters. The number of aliphatic hydroxyl groups excluding tert-OH is 2. The first kappa shape index (κ1) is 21.8. The summed E-state index contributed by atoms with van der Waals surface area (Å²) in [7, 11) is -3.65. The third-order valence-corrected chi connectivity index (χ3v) is 6.85. The van der Waals surface area contributed by atoms with Gasteiger partial charge in [0.1, 0.15) is 16.9 Å². The zero-order valence-corrected chi connectivity index (χ0v) is 18.5. The van der Waals surface area contributed by atoms with Crippen molar-refractivity contribution in [2.45, 2.75) is 31.6 Å². The minimum absolute atomic E-state index is 0.0647. The highest BCUT2D eigenvalue weighted by atomic mass is 32.2. The molecule has 2 aromatic heterocycles. The Morgan fingerprint density at radius 2 is 1.97 bits per heavy atom. The number of benzene rings is 1. The zero-order valence-electron chi connectivity index (χ0n) is 16.9. The van der Waals surface area contributed by atoms with E-state index in [4.69, 9.17) is 9.92 Å². The first-order chi connectivity index (χ1) is 14.6. The number of hydrogen-bond acceptors (Lipinski definition) is 11. The van der Waals surface area contributed by atoms with Gasteiger partial charge in [-0.05, 0) is 25.5 Å². The Labute approximate surface area is 183 Å². The number of nitrogens with zero attached hydrogens (tertiary/aromatic N) is 3. The van der Waals surface area contributed by atoms with Gasteiger partial charge in [-0.15, -0.1) is 11.3 Å². The molecule has 10 nitrogen and oxygen atoms in total. The molecule has 4 rings (SSSR count). The number of nitrogens with one attached hydrogen (secondary N) is 1. The molecule has 1 saturated carbocycles. The molecule has 0 bridgehead atoms. The number of anilines is 2. The van der Waals surface area contributed by atoms with Crippen LogP contribution in [0, 0.1) is 12.8 Å². The predicted octanol–water partition coefficient (Wildman–Crippen LogP) is 1.14. The first-order valence-electron chi connectivity index (χ1n) is 9.59. The third kappa shape index (κ3) is 4.62. The SMILES string of the molecule is Cc1nc(N)nc(NC2CC(COS(C)(=O)=O)C(O)C2O)c1-c1nc2ccccc2s1. The third-order valence-electron chi connectivity index (χ3n) is 5.24. The molecule has 31 heavy (non-hydrogen) atoms. The molecule has 1 aromatic carbocycles. The number of hydrogen-bond donors (Lipinski definition) is 4. The van der Waals surface area contributed by atoms with E-state index >= 15 is 0 Å². The quantitative estimate of drug-likeness (QED) is 0.389. The molecule has 1 aliphatic carbocycles. The highest BCUT2D eigenvalue weighted by Crippen LogP contribution is 2.37. The van der Waals surface area contributed by atoms with Crippen LogP contribution in [-0.4, -0.2) is 64.7 Å². The average Bonchev–Trinajstić information content (AvgIpc) is 3.21. The monoisotopic (exact) mass is 465 g/mol. The lowest BCUT2D eigenvalue weighted by Gasteiger charge is -2.20. The Balaban J connectivity index is 1.64. The summed E-state index contributed by atoms with van der Waals surface area (Å²) in [6, 6.07) is 7.14. The van der Waals surface area contributed by atoms with Gasteiger partial charge in [0.25, 0.3) is 10.1 Å². The van der Waals surface area contributed by atoms with Crippen molar-refractivity contribution in [2.24, 2.45) is 5.92 Å². The van der Waals surface area contributed by atoms with Gasteiger partial charge in [0.05, 0.1) is 46.5 Å². The molecule has 5 N–H and O–H groups in total. The number of nitrogen functional groups attached to an aromatic ring is 1. The molecule has 0 amide bonds. The van der Waals surface area contributed by atoms with Crippen LogP contribution in [-0.2, 0) is 14.3 Å². The van der Waals surface area contributed by atoms with Crippen LogP contribution < -0.4 is 11.1 Å². The highest BCUT2D eigenvalue weighted by Gasteiger charge is 2.42. The largest absolute Gasteiger partial charge is 0.390 e. The molecule has 0 spiro atoms. The second-order valence-corrected chi connectivity index (χ2v) is 10.3. The van der Waals surface area contributed by atoms with Gasteiger partial charge in [0.15, 0.2) is 0 Å². The fourth-order valence-electron chi connectivity index (χ4n) is 3.75. The van der Waals surface area contributed by atoms with Crippen LogP contribution in [0.1, 0.15) is 12.1 Å². The summed E-state index contributed by atoms with van der Waals surface area (Å²) in [5.74, 6) is -0.103. The number of rotatable bonds is 6. The molecular weight excluding hydrogens is 442 g/mol. The summed E-state index contributed by atoms with van der Waals surface area (Å²) in [5, 5.41) is 24.8. The lowest BCUT2D eigenvalue weighted by molar-refractivity contribution is 0.00787. The van der Waals surface area contributed by atoms with Crippen molar-refractivity contribution < 1.29 is 22.8 Å². The molecule has 4 atom stereocenters. The Morgan fingerprint density at radius 1 is 1.23 bits per heavy atom. The summed E-state index contributed by atoms with van der Waals surface area (Å²) in [4.78, 5) is 13.2. The molecule has 1 aliphatic rings. The normalized spacial score (nSPS) is 24.0. The van der Waals surface area contributed by atoms with Gasteiger partial charge in [-0.2, -0.15) is 13.4 Å². The van der Waals surface area contributed by atoms with Crippen LogP contribution in [0.5, 0.6) is 0 Å². The Kier molecular flexibility index (Phi) is 5.83. The number of aromatic nitrogens is 3. The molecule has 0 aliphatic heterocycles. The van der Waals surface area contributed by atoms with Crippen LogP contribution in [0.4, 0.5) is 11.8 Å². The van der Waals surface area contributed by atoms with Gasteiger partial charge in [-0.3, -0.25) is 4.18 Å². The van der Waals surface area contributed by atoms with Crippen molar-refractivity contribution in [3.8, 4) is 10.6 Å². The number of fused-ring (bicyclic) bond motifs is 1. The maximum atomic E-state index is 11.3. The van der Waals surface area contributed by atoms with Crippen molar-refractivity contribution >= 4 is 43.4 Å². The minimum Gasteiger partial charge on any atom is -0.390 e. The molecule has 3 aromatic rings. The molecular formula is C19H23N5O5S2. The van der Waals surface area contributed by atoms with Crippen molar-refractivity contribution in [1.29, 1.82) is 0 Å². The van der Waals surface area contributed by atoms with E-state index in [1.165, 1.54) is 11.3 Å². The summed E-state index contributed by atoms with van der Waals surface area (Å²) >= 11 is 1.48. The van der Waals surface area contributed by atoms with E-state index in [1.807, 2.05) is 24.3 Å². The number of aryl methyl sites for hydroxylation is 1. The van der Waals surface area contributed by atoms with Gasteiger partial charge in [0, 0.05) is 5.92 Å². The topological polar surface area (TPSA) is 161 Å². The molecule has 166 valence electrons. The lowest BCUT2D eigenvalue weighted by atomic mass is 10.1. The van der Waals surface area contributed by atoms with Crippen molar-refractivity contribution in [1.82, 2.24) is 15.0 Å². The second kappa shape index (κ2) is 8.28. The van der Waals surface area contributed by atoms with E-state index in [-0.39, 0.29) is 19.0 Å². The van der Waals surface area contributed by atoms with E-state index < -0.39 is 34.3 Å². The Morgan fingerprint density at radius 3 is 2.68 bits per heavy atom. The van der Waals surface area contributed by atoms with Crippen LogP contribution in [0.25, 0.3) is 20.8 Å². The summed E-state index contributed by atoms with van der Waals surface area (Å²) in [5.41, 5.74) is 7.99. The van der Waals surface area contributed by atoms with Gasteiger partial charge in [-0.1, -0.05) is 12.1 Å². The molecule has 1 fully saturated rings. The lowest BCUT2D eigenvalue weighted by Crippen LogP contribution is -2.36. The molecule has 0 saturated heterocycles. The fourth-order valence-corrected chi connectivity index (χ4v) is 5.24.